The van der Waals surface area contributed by atoms with Gasteiger partial charge in [0, 0.05) is 32.8 Å². The number of ether oxygens (including phenoxy) is 1. The molecule has 1 aliphatic heterocycles. The average Bonchev–Trinajstić information content (AvgIpc) is 2.87. The summed E-state index contributed by atoms with van der Waals surface area (Å²) >= 11 is 0. The first-order valence-electron chi connectivity index (χ1n) is 6.05. The molecule has 3 N–H and O–H groups in total. The fourth-order valence-corrected chi connectivity index (χ4v) is 2.24. The molecule has 1 aromatic carbocycles. The van der Waals surface area contributed by atoms with Crippen molar-refractivity contribution in [3.63, 3.8) is 0 Å². The van der Waals surface area contributed by atoms with Crippen LogP contribution < -0.4 is 16.0 Å². The Morgan fingerprint density at radius 1 is 1.56 bits per heavy atom. The lowest BCUT2D eigenvalue weighted by molar-refractivity contribution is 0.0963. The van der Waals surface area contributed by atoms with E-state index in [1.54, 1.807) is 26.3 Å². The molecule has 1 atom stereocenters. The molecular formula is C13H19N3O2. The summed E-state index contributed by atoms with van der Waals surface area (Å²) in [6, 6.07) is 5.35. The first kappa shape index (κ1) is 12.7. The summed E-state index contributed by atoms with van der Waals surface area (Å²) in [4.78, 5) is 13.8. The third-order valence-electron chi connectivity index (χ3n) is 3.34. The lowest BCUT2D eigenvalue weighted by atomic mass is 10.1. The quantitative estimate of drug-likeness (QED) is 0.779. The monoisotopic (exact) mass is 249 g/mol. The first-order valence-corrected chi connectivity index (χ1v) is 6.05. The zero-order chi connectivity index (χ0) is 13.1. The van der Waals surface area contributed by atoms with Crippen LogP contribution in [-0.4, -0.2) is 39.3 Å². The van der Waals surface area contributed by atoms with Crippen molar-refractivity contribution < 1.29 is 9.53 Å². The van der Waals surface area contributed by atoms with Gasteiger partial charge in [-0.25, -0.2) is 0 Å². The van der Waals surface area contributed by atoms with E-state index >= 15 is 0 Å². The molecule has 1 fully saturated rings. The van der Waals surface area contributed by atoms with Crippen LogP contribution in [0.1, 0.15) is 16.8 Å². The first-order chi connectivity index (χ1) is 8.65. The lowest BCUT2D eigenvalue weighted by Gasteiger charge is -2.21. The predicted octanol–water partition coefficient (Wildman–Crippen LogP) is 0.853. The number of hydrogen-bond donors (Lipinski definition) is 2. The summed E-state index contributed by atoms with van der Waals surface area (Å²) in [5, 5.41) is 2.62. The second-order valence-electron chi connectivity index (χ2n) is 4.45. The lowest BCUT2D eigenvalue weighted by Crippen LogP contribution is -2.24. The van der Waals surface area contributed by atoms with E-state index in [0.29, 0.717) is 11.3 Å². The van der Waals surface area contributed by atoms with Crippen molar-refractivity contribution in [2.45, 2.75) is 12.5 Å². The van der Waals surface area contributed by atoms with Crippen LogP contribution in [-0.2, 0) is 4.74 Å². The maximum Gasteiger partial charge on any atom is 0.251 e. The number of anilines is 2. The number of nitrogens with one attached hydrogen (secondary N) is 1. The standard InChI is InChI=1S/C13H19N3O2/c1-15-13(17)9-3-4-11(14)12(7-9)16-6-5-10(8-16)18-2/h3-4,7,10H,5-6,8,14H2,1-2H3,(H,15,17). The number of nitrogens with zero attached hydrogens (tertiary/aromatic N) is 1. The molecule has 1 amide bonds. The van der Waals surface area contributed by atoms with Gasteiger partial charge in [0.15, 0.2) is 0 Å². The van der Waals surface area contributed by atoms with Crippen molar-refractivity contribution in [3.05, 3.63) is 23.8 Å². The molecule has 1 aliphatic rings. The van der Waals surface area contributed by atoms with Crippen molar-refractivity contribution >= 4 is 17.3 Å². The number of hydrogen-bond acceptors (Lipinski definition) is 4. The van der Waals surface area contributed by atoms with E-state index in [2.05, 4.69) is 10.2 Å². The van der Waals surface area contributed by atoms with Gasteiger partial charge in [0.25, 0.3) is 5.91 Å². The van der Waals surface area contributed by atoms with Crippen LogP contribution in [0.2, 0.25) is 0 Å². The number of rotatable bonds is 3. The number of methoxy groups -OCH3 is 1. The molecule has 98 valence electrons. The van der Waals surface area contributed by atoms with Crippen molar-refractivity contribution in [2.75, 3.05) is 37.9 Å². The molecule has 1 heterocycles. The van der Waals surface area contributed by atoms with Gasteiger partial charge in [0.2, 0.25) is 0 Å². The fourth-order valence-electron chi connectivity index (χ4n) is 2.24. The van der Waals surface area contributed by atoms with E-state index in [0.717, 1.165) is 25.2 Å². The van der Waals surface area contributed by atoms with Gasteiger partial charge in [0.05, 0.1) is 17.5 Å². The number of carbonyl (C=O) groups is 1. The molecule has 18 heavy (non-hydrogen) atoms. The smallest absolute Gasteiger partial charge is 0.251 e. The molecule has 0 saturated carbocycles. The van der Waals surface area contributed by atoms with Crippen molar-refractivity contribution in [3.8, 4) is 0 Å². The minimum absolute atomic E-state index is 0.0984. The summed E-state index contributed by atoms with van der Waals surface area (Å²) in [6.07, 6.45) is 1.23. The Balaban J connectivity index is 2.24. The molecule has 0 bridgehead atoms. The molecule has 1 aromatic rings. The number of benzene rings is 1. The van der Waals surface area contributed by atoms with E-state index in [1.165, 1.54) is 0 Å². The van der Waals surface area contributed by atoms with E-state index < -0.39 is 0 Å². The Bertz CT molecular complexity index is 448. The summed E-state index contributed by atoms with van der Waals surface area (Å²) in [5.74, 6) is -0.0984. The third-order valence-corrected chi connectivity index (χ3v) is 3.34. The van der Waals surface area contributed by atoms with Crippen LogP contribution in [0.3, 0.4) is 0 Å². The third kappa shape index (κ3) is 2.41. The summed E-state index contributed by atoms with van der Waals surface area (Å²) in [6.45, 7) is 1.72. The van der Waals surface area contributed by atoms with E-state index in [1.807, 2.05) is 6.07 Å². The Kier molecular flexibility index (Phi) is 3.72. The molecule has 0 spiro atoms. The predicted molar refractivity (Wildman–Crippen MR) is 71.9 cm³/mol. The van der Waals surface area contributed by atoms with Crippen LogP contribution in [0.25, 0.3) is 0 Å². The van der Waals surface area contributed by atoms with Gasteiger partial charge in [-0.15, -0.1) is 0 Å². The zero-order valence-corrected chi connectivity index (χ0v) is 10.8. The minimum Gasteiger partial charge on any atom is -0.397 e. The second kappa shape index (κ2) is 5.27. The van der Waals surface area contributed by atoms with Crippen molar-refractivity contribution in [1.29, 1.82) is 0 Å². The second-order valence-corrected chi connectivity index (χ2v) is 4.45. The largest absolute Gasteiger partial charge is 0.397 e. The topological polar surface area (TPSA) is 67.6 Å². The highest BCUT2D eigenvalue weighted by Gasteiger charge is 2.24. The van der Waals surface area contributed by atoms with Crippen molar-refractivity contribution in [2.24, 2.45) is 0 Å². The Morgan fingerprint density at radius 3 is 2.94 bits per heavy atom. The maximum atomic E-state index is 11.6. The number of nitrogen functional groups attached to an aromatic ring is 1. The summed E-state index contributed by atoms with van der Waals surface area (Å²) in [5.41, 5.74) is 8.22. The van der Waals surface area contributed by atoms with Gasteiger partial charge in [-0.3, -0.25) is 4.79 Å². The van der Waals surface area contributed by atoms with E-state index in [-0.39, 0.29) is 12.0 Å². The molecule has 1 saturated heterocycles. The molecule has 5 heteroatoms. The number of amides is 1. The highest BCUT2D eigenvalue weighted by Crippen LogP contribution is 2.28. The van der Waals surface area contributed by atoms with Gasteiger partial charge in [-0.1, -0.05) is 0 Å². The van der Waals surface area contributed by atoms with Crippen LogP contribution in [0.4, 0.5) is 11.4 Å². The molecule has 0 aliphatic carbocycles. The highest BCUT2D eigenvalue weighted by atomic mass is 16.5. The molecule has 5 nitrogen and oxygen atoms in total. The van der Waals surface area contributed by atoms with Gasteiger partial charge in [-0.2, -0.15) is 0 Å². The van der Waals surface area contributed by atoms with Gasteiger partial charge in [-0.05, 0) is 24.6 Å². The molecule has 0 aromatic heterocycles. The summed E-state index contributed by atoms with van der Waals surface area (Å²) < 4.78 is 5.34. The van der Waals surface area contributed by atoms with Gasteiger partial charge in [0.1, 0.15) is 0 Å². The van der Waals surface area contributed by atoms with Gasteiger partial charge < -0.3 is 20.7 Å². The van der Waals surface area contributed by atoms with Crippen LogP contribution in [0, 0.1) is 0 Å². The van der Waals surface area contributed by atoms with Gasteiger partial charge >= 0.3 is 0 Å². The number of nitrogens with two attached hydrogens (primary N) is 1. The Morgan fingerprint density at radius 2 is 2.33 bits per heavy atom. The fraction of sp³-hybridized carbons (Fsp3) is 0.462. The average molecular weight is 249 g/mol. The Hall–Kier alpha value is -1.75. The van der Waals surface area contributed by atoms with Crippen LogP contribution >= 0.6 is 0 Å². The molecule has 1 unspecified atom stereocenters. The number of carbonyl (C=O) groups excluding carboxylic acids is 1. The van der Waals surface area contributed by atoms with Crippen LogP contribution in [0.5, 0.6) is 0 Å². The zero-order valence-electron chi connectivity index (χ0n) is 10.8. The molecule has 2 rings (SSSR count). The SMILES string of the molecule is CNC(=O)c1ccc(N)c(N2CCC(OC)C2)c1. The molecule has 0 radical (unpaired) electrons. The van der Waals surface area contributed by atoms with Crippen molar-refractivity contribution in [1.82, 2.24) is 5.32 Å². The van der Waals surface area contributed by atoms with E-state index in [9.17, 15) is 4.79 Å². The van der Waals surface area contributed by atoms with Crippen LogP contribution in [0.15, 0.2) is 18.2 Å². The normalized spacial score (nSPS) is 19.0. The minimum atomic E-state index is -0.0984. The Labute approximate surface area is 107 Å². The highest BCUT2D eigenvalue weighted by molar-refractivity contribution is 5.96. The summed E-state index contributed by atoms with van der Waals surface area (Å²) in [7, 11) is 3.34. The molecular weight excluding hydrogens is 230 g/mol. The maximum absolute atomic E-state index is 11.6. The van der Waals surface area contributed by atoms with E-state index in [4.69, 9.17) is 10.5 Å².